The first kappa shape index (κ1) is 33.4. The van der Waals surface area contributed by atoms with Gasteiger partial charge < -0.3 is 4.57 Å². The summed E-state index contributed by atoms with van der Waals surface area (Å²) in [4.78, 5) is 5.33. The van der Waals surface area contributed by atoms with Crippen molar-refractivity contribution in [1.82, 2.24) is 14.1 Å². The molecule has 0 saturated heterocycles. The lowest BCUT2D eigenvalue weighted by molar-refractivity contribution is 1.06. The van der Waals surface area contributed by atoms with Crippen LogP contribution in [0.3, 0.4) is 0 Å². The van der Waals surface area contributed by atoms with Crippen LogP contribution in [-0.2, 0) is 0 Å². The average molecular weight is 719 g/mol. The Bertz CT molecular complexity index is 3220. The fourth-order valence-corrected chi connectivity index (χ4v) is 8.81. The fraction of sp³-hybridized carbons (Fsp3) is 0.0769. The number of aryl methyl sites for hydroxylation is 4. The van der Waals surface area contributed by atoms with Crippen LogP contribution in [0.2, 0.25) is 0 Å². The second-order valence-electron chi connectivity index (χ2n) is 15.2. The highest BCUT2D eigenvalue weighted by Gasteiger charge is 2.21. The molecule has 0 radical (unpaired) electrons. The molecule has 0 unspecified atom stereocenters. The molecule has 0 amide bonds. The Hall–Kier alpha value is -7.22. The molecule has 4 heteroatoms. The summed E-state index contributed by atoms with van der Waals surface area (Å²) in [6, 6.07) is 56.7. The molecule has 0 aliphatic rings. The lowest BCUT2D eigenvalue weighted by Crippen LogP contribution is -2.03. The van der Waals surface area contributed by atoms with Crippen LogP contribution < -0.4 is 0 Å². The van der Waals surface area contributed by atoms with Crippen molar-refractivity contribution in [2.24, 2.45) is 0 Å². The van der Waals surface area contributed by atoms with E-state index in [1.54, 1.807) is 0 Å². The molecule has 0 saturated carbocycles. The molecule has 7 aromatic carbocycles. The van der Waals surface area contributed by atoms with E-state index in [1.165, 1.54) is 54.9 Å². The molecule has 3 heterocycles. The van der Waals surface area contributed by atoms with Gasteiger partial charge in [-0.25, -0.2) is 4.98 Å². The molecule has 10 aromatic rings. The molecule has 0 bridgehead atoms. The van der Waals surface area contributed by atoms with Crippen molar-refractivity contribution in [3.63, 3.8) is 0 Å². The number of aromatic nitrogens is 3. The van der Waals surface area contributed by atoms with Crippen LogP contribution in [0.4, 0.5) is 0 Å². The van der Waals surface area contributed by atoms with E-state index in [2.05, 4.69) is 176 Å². The molecule has 0 aliphatic carbocycles. The first-order valence-electron chi connectivity index (χ1n) is 19.1. The minimum Gasteiger partial charge on any atom is -0.307 e. The van der Waals surface area contributed by atoms with Gasteiger partial charge in [0.1, 0.15) is 5.82 Å². The van der Waals surface area contributed by atoms with Crippen molar-refractivity contribution in [2.75, 3.05) is 0 Å². The van der Waals surface area contributed by atoms with Gasteiger partial charge in [-0.05, 0) is 98.0 Å². The lowest BCUT2D eigenvalue weighted by atomic mass is 9.99. The molecule has 0 fully saturated rings. The van der Waals surface area contributed by atoms with Gasteiger partial charge in [0.2, 0.25) is 0 Å². The predicted octanol–water partition coefficient (Wildman–Crippen LogP) is 13.4. The van der Waals surface area contributed by atoms with E-state index in [-0.39, 0.29) is 0 Å². The number of hydrogen-bond donors (Lipinski definition) is 0. The molecule has 10 rings (SSSR count). The van der Waals surface area contributed by atoms with Gasteiger partial charge in [-0.3, -0.25) is 4.57 Å². The number of nitrogens with zero attached hydrogens (tertiary/aromatic N) is 4. The smallest absolute Gasteiger partial charge is 0.138 e. The standard InChI is InChI=1S/C52H38N4/c1-32-20-33(2)23-40(22-32)37-16-18-44-42-12-5-7-14-47(42)55(49(44)27-37)51-31-54-52(29-46(51)39-11-9-10-36(26-39)30-53)56-48-15-8-6-13-43(48)45-19-17-38(28-50(45)56)41-24-34(3)21-35(4)25-41/h5-29,31H,1-4H3. The molecule has 3 aromatic heterocycles. The number of nitriles is 1. The predicted molar refractivity (Wildman–Crippen MR) is 233 cm³/mol. The summed E-state index contributed by atoms with van der Waals surface area (Å²) in [5.74, 6) is 0.812. The number of pyridine rings is 1. The van der Waals surface area contributed by atoms with Crippen LogP contribution in [0, 0.1) is 39.0 Å². The van der Waals surface area contributed by atoms with Crippen LogP contribution >= 0.6 is 0 Å². The molecule has 0 N–H and O–H groups in total. The summed E-state index contributed by atoms with van der Waals surface area (Å²) in [6.07, 6.45) is 2.02. The van der Waals surface area contributed by atoms with Crippen LogP contribution in [0.15, 0.2) is 158 Å². The topological polar surface area (TPSA) is 46.5 Å². The molecular weight excluding hydrogens is 681 g/mol. The Morgan fingerprint density at radius 3 is 1.52 bits per heavy atom. The Balaban J connectivity index is 1.26. The Morgan fingerprint density at radius 1 is 0.429 bits per heavy atom. The summed E-state index contributed by atoms with van der Waals surface area (Å²) in [5, 5.41) is 14.8. The van der Waals surface area contributed by atoms with Gasteiger partial charge in [-0.1, -0.05) is 131 Å². The molecule has 0 atom stereocenters. The highest BCUT2D eigenvalue weighted by molar-refractivity contribution is 6.12. The van der Waals surface area contributed by atoms with Gasteiger partial charge in [0.05, 0.1) is 45.6 Å². The van der Waals surface area contributed by atoms with Crippen LogP contribution in [0.5, 0.6) is 0 Å². The third kappa shape index (κ3) is 5.48. The zero-order valence-electron chi connectivity index (χ0n) is 31.8. The van der Waals surface area contributed by atoms with E-state index in [4.69, 9.17) is 4.98 Å². The average Bonchev–Trinajstić information content (AvgIpc) is 3.72. The highest BCUT2D eigenvalue weighted by atomic mass is 15.1. The van der Waals surface area contributed by atoms with E-state index < -0.39 is 0 Å². The van der Waals surface area contributed by atoms with Crippen LogP contribution in [0.1, 0.15) is 27.8 Å². The summed E-state index contributed by atoms with van der Waals surface area (Å²) in [6.45, 7) is 8.62. The number of rotatable bonds is 5. The zero-order valence-corrected chi connectivity index (χ0v) is 31.8. The minimum absolute atomic E-state index is 0.612. The van der Waals surface area contributed by atoms with E-state index in [0.717, 1.165) is 55.8 Å². The van der Waals surface area contributed by atoms with Gasteiger partial charge in [-0.2, -0.15) is 5.26 Å². The first-order valence-corrected chi connectivity index (χ1v) is 19.1. The molecule has 0 spiro atoms. The molecule has 266 valence electrons. The van der Waals surface area contributed by atoms with Crippen molar-refractivity contribution in [2.45, 2.75) is 27.7 Å². The van der Waals surface area contributed by atoms with Crippen molar-refractivity contribution in [3.8, 4) is 51.0 Å². The Morgan fingerprint density at radius 2 is 0.946 bits per heavy atom. The molecular formula is C52H38N4. The normalized spacial score (nSPS) is 11.6. The van der Waals surface area contributed by atoms with Crippen LogP contribution in [0.25, 0.3) is 88.5 Å². The van der Waals surface area contributed by atoms with Gasteiger partial charge in [0.15, 0.2) is 0 Å². The maximum absolute atomic E-state index is 10.0. The summed E-state index contributed by atoms with van der Waals surface area (Å²) in [5.41, 5.74) is 17.6. The molecule has 0 aliphatic heterocycles. The first-order chi connectivity index (χ1) is 27.3. The van der Waals surface area contributed by atoms with E-state index in [1.807, 2.05) is 24.4 Å². The van der Waals surface area contributed by atoms with Gasteiger partial charge >= 0.3 is 0 Å². The summed E-state index contributed by atoms with van der Waals surface area (Å²) in [7, 11) is 0. The van der Waals surface area contributed by atoms with Crippen LogP contribution in [-0.4, -0.2) is 14.1 Å². The van der Waals surface area contributed by atoms with E-state index >= 15 is 0 Å². The summed E-state index contributed by atoms with van der Waals surface area (Å²) >= 11 is 0. The van der Waals surface area contributed by atoms with Gasteiger partial charge in [-0.15, -0.1) is 0 Å². The molecule has 56 heavy (non-hydrogen) atoms. The zero-order chi connectivity index (χ0) is 38.1. The van der Waals surface area contributed by atoms with E-state index in [0.29, 0.717) is 5.56 Å². The number of fused-ring (bicyclic) bond motifs is 6. The second kappa shape index (κ2) is 13.0. The maximum Gasteiger partial charge on any atom is 0.138 e. The van der Waals surface area contributed by atoms with Crippen molar-refractivity contribution in [3.05, 3.63) is 186 Å². The third-order valence-corrected chi connectivity index (χ3v) is 11.1. The Kier molecular flexibility index (Phi) is 7.73. The quantitative estimate of drug-likeness (QED) is 0.178. The second-order valence-corrected chi connectivity index (χ2v) is 15.2. The number of hydrogen-bond acceptors (Lipinski definition) is 2. The SMILES string of the molecule is Cc1cc(C)cc(-c2ccc3c4ccccc4n(-c4cc(-c5cccc(C#N)c5)c(-n5c6ccccc6c6ccc(-c7cc(C)cc(C)c7)cc65)cn4)c3c2)c1. The highest BCUT2D eigenvalue weighted by Crippen LogP contribution is 2.40. The number of benzene rings is 7. The lowest BCUT2D eigenvalue weighted by Gasteiger charge is -2.17. The molecule has 4 nitrogen and oxygen atoms in total. The fourth-order valence-electron chi connectivity index (χ4n) is 8.81. The maximum atomic E-state index is 10.0. The van der Waals surface area contributed by atoms with Crippen molar-refractivity contribution in [1.29, 1.82) is 5.26 Å². The van der Waals surface area contributed by atoms with Gasteiger partial charge in [0.25, 0.3) is 0 Å². The minimum atomic E-state index is 0.612. The largest absolute Gasteiger partial charge is 0.307 e. The van der Waals surface area contributed by atoms with Crippen molar-refractivity contribution >= 4 is 43.6 Å². The summed E-state index contributed by atoms with van der Waals surface area (Å²) < 4.78 is 4.65. The Labute approximate surface area is 326 Å². The monoisotopic (exact) mass is 718 g/mol. The number of para-hydroxylation sites is 2. The van der Waals surface area contributed by atoms with Gasteiger partial charge in [0, 0.05) is 27.1 Å². The van der Waals surface area contributed by atoms with E-state index in [9.17, 15) is 5.26 Å². The van der Waals surface area contributed by atoms with Crippen molar-refractivity contribution < 1.29 is 0 Å². The third-order valence-electron chi connectivity index (χ3n) is 11.1.